The second kappa shape index (κ2) is 8.96. The first kappa shape index (κ1) is 22.4. The Balaban J connectivity index is 1.54. The molecule has 32 heavy (non-hydrogen) atoms. The standard InChI is InChI=1S/C30H30N.Ni/c1-29(2,23-11-7-5-8-12-23)25-15-19-27(20-16-25)31-28-21-17-26(18-22-28)30(3,4)24-13-9-6-10-14-24;/h5-21,31H,1-4H3;. The molecule has 0 amide bonds. The van der Waals surface area contributed by atoms with Gasteiger partial charge in [0.2, 0.25) is 0 Å². The van der Waals surface area contributed by atoms with Crippen molar-refractivity contribution < 1.29 is 15.5 Å². The Kier molecular flexibility index (Phi) is 6.27. The van der Waals surface area contributed by atoms with Crippen LogP contribution in [-0.2, 0) is 26.3 Å². The van der Waals surface area contributed by atoms with Crippen molar-refractivity contribution in [2.75, 3.05) is 5.32 Å². The SMILES string of the molecule is CC(C)(c1ccccc1)c1ccc(Nc2ccc(C(C)(C)c3ccccc3)c[c]2[Ni])cc1. The summed E-state index contributed by atoms with van der Waals surface area (Å²) < 4.78 is 0.875. The van der Waals surface area contributed by atoms with Crippen LogP contribution in [0.4, 0.5) is 11.4 Å². The third-order valence-electron chi connectivity index (χ3n) is 6.54. The zero-order chi connectivity index (χ0) is 22.8. The Morgan fingerprint density at radius 1 is 0.531 bits per heavy atom. The van der Waals surface area contributed by atoms with Crippen LogP contribution in [0, 0.1) is 0 Å². The van der Waals surface area contributed by atoms with Crippen molar-refractivity contribution in [3.05, 3.63) is 125 Å². The fraction of sp³-hybridized carbons (Fsp3) is 0.200. The van der Waals surface area contributed by atoms with Gasteiger partial charge in [-0.25, -0.2) is 0 Å². The maximum absolute atomic E-state index is 5.39. The van der Waals surface area contributed by atoms with Gasteiger partial charge in [0.15, 0.2) is 0 Å². The van der Waals surface area contributed by atoms with Crippen LogP contribution in [0.25, 0.3) is 0 Å². The molecule has 2 heteroatoms. The number of benzene rings is 4. The predicted molar refractivity (Wildman–Crippen MR) is 133 cm³/mol. The summed E-state index contributed by atoms with van der Waals surface area (Å²) in [5.41, 5.74) is 7.01. The molecule has 4 aromatic carbocycles. The molecule has 0 atom stereocenters. The summed E-state index contributed by atoms with van der Waals surface area (Å²) in [6.07, 6.45) is 0. The Bertz CT molecular complexity index is 1180. The van der Waals surface area contributed by atoms with Gasteiger partial charge < -0.3 is 0 Å². The Hall–Kier alpha value is -2.83. The first-order valence-corrected chi connectivity index (χ1v) is 11.5. The van der Waals surface area contributed by atoms with Gasteiger partial charge in [0.05, 0.1) is 0 Å². The van der Waals surface area contributed by atoms with Crippen LogP contribution in [0.3, 0.4) is 0 Å². The van der Waals surface area contributed by atoms with Gasteiger partial charge in [0, 0.05) is 0 Å². The van der Waals surface area contributed by atoms with Gasteiger partial charge in [0.25, 0.3) is 0 Å². The van der Waals surface area contributed by atoms with Gasteiger partial charge in [-0.05, 0) is 0 Å². The van der Waals surface area contributed by atoms with E-state index in [1.54, 1.807) is 0 Å². The summed E-state index contributed by atoms with van der Waals surface area (Å²) in [6, 6.07) is 36.4. The predicted octanol–water partition coefficient (Wildman–Crippen LogP) is 7.25. The molecule has 1 N–H and O–H groups in total. The van der Waals surface area contributed by atoms with Gasteiger partial charge in [-0.2, -0.15) is 0 Å². The van der Waals surface area contributed by atoms with Crippen molar-refractivity contribution in [3.8, 4) is 0 Å². The van der Waals surface area contributed by atoms with Gasteiger partial charge in [-0.3, -0.25) is 0 Å². The molecule has 4 aromatic rings. The van der Waals surface area contributed by atoms with Crippen LogP contribution < -0.4 is 9.85 Å². The topological polar surface area (TPSA) is 12.0 Å². The molecular weight excluding hydrogens is 433 g/mol. The van der Waals surface area contributed by atoms with Crippen molar-refractivity contribution in [2.45, 2.75) is 38.5 Å². The molecule has 4 rings (SSSR count). The molecule has 0 radical (unpaired) electrons. The molecule has 0 spiro atoms. The average Bonchev–Trinajstić information content (AvgIpc) is 2.82. The van der Waals surface area contributed by atoms with E-state index in [9.17, 15) is 0 Å². The van der Waals surface area contributed by atoms with Crippen LogP contribution >= 0.6 is 0 Å². The van der Waals surface area contributed by atoms with Gasteiger partial charge >= 0.3 is 201 Å². The van der Waals surface area contributed by atoms with E-state index in [-0.39, 0.29) is 10.8 Å². The molecular formula is C30H30NNi. The number of nitrogens with one attached hydrogen (secondary N) is 1. The molecule has 0 saturated heterocycles. The molecule has 0 heterocycles. The van der Waals surface area contributed by atoms with E-state index in [1.807, 2.05) is 0 Å². The molecule has 165 valence electrons. The maximum atomic E-state index is 5.39. The van der Waals surface area contributed by atoms with Crippen LogP contribution in [-0.4, -0.2) is 0 Å². The Labute approximate surface area is 200 Å². The van der Waals surface area contributed by atoms with Gasteiger partial charge in [-0.15, -0.1) is 0 Å². The first-order valence-electron chi connectivity index (χ1n) is 11.0. The van der Waals surface area contributed by atoms with Crippen molar-refractivity contribution >= 4 is 15.9 Å². The van der Waals surface area contributed by atoms with E-state index >= 15 is 0 Å². The normalized spacial score (nSPS) is 11.9. The van der Waals surface area contributed by atoms with Crippen molar-refractivity contribution in [3.63, 3.8) is 0 Å². The minimum absolute atomic E-state index is 0.0459. The van der Waals surface area contributed by atoms with Gasteiger partial charge in [-0.1, -0.05) is 0 Å². The summed E-state index contributed by atoms with van der Waals surface area (Å²) in [5, 5.41) is 3.52. The number of rotatable bonds is 6. The summed E-state index contributed by atoms with van der Waals surface area (Å²) in [6.45, 7) is 9.02. The molecule has 0 aliphatic carbocycles. The Morgan fingerprint density at radius 3 is 1.47 bits per heavy atom. The van der Waals surface area contributed by atoms with Crippen LogP contribution in [0.1, 0.15) is 49.9 Å². The summed E-state index contributed by atoms with van der Waals surface area (Å²) in [7, 11) is 0. The van der Waals surface area contributed by atoms with Crippen molar-refractivity contribution in [1.29, 1.82) is 0 Å². The molecule has 0 aliphatic heterocycles. The third-order valence-corrected chi connectivity index (χ3v) is 6.95. The second-order valence-electron chi connectivity index (χ2n) is 9.35. The summed E-state index contributed by atoms with van der Waals surface area (Å²) >= 11 is 5.39. The Morgan fingerprint density at radius 2 is 0.969 bits per heavy atom. The fourth-order valence-electron chi connectivity index (χ4n) is 4.16. The first-order chi connectivity index (χ1) is 15.3. The third kappa shape index (κ3) is 4.52. The number of anilines is 2. The molecule has 0 unspecified atom stereocenters. The van der Waals surface area contributed by atoms with E-state index in [2.05, 4.69) is 136 Å². The average molecular weight is 463 g/mol. The molecule has 0 saturated carbocycles. The fourth-order valence-corrected chi connectivity index (χ4v) is 4.45. The second-order valence-corrected chi connectivity index (χ2v) is 9.88. The van der Waals surface area contributed by atoms with E-state index < -0.39 is 0 Å². The molecule has 0 fully saturated rings. The van der Waals surface area contributed by atoms with Crippen molar-refractivity contribution in [1.82, 2.24) is 0 Å². The summed E-state index contributed by atoms with van der Waals surface area (Å²) in [5.74, 6) is 0. The van der Waals surface area contributed by atoms with Gasteiger partial charge in [0.1, 0.15) is 0 Å². The van der Waals surface area contributed by atoms with E-state index in [0.717, 1.165) is 15.9 Å². The molecule has 0 aliphatic rings. The molecule has 0 bridgehead atoms. The monoisotopic (exact) mass is 462 g/mol. The van der Waals surface area contributed by atoms with Crippen LogP contribution in [0.5, 0.6) is 0 Å². The van der Waals surface area contributed by atoms with Crippen LogP contribution in [0.2, 0.25) is 0 Å². The quantitative estimate of drug-likeness (QED) is 0.297. The summed E-state index contributed by atoms with van der Waals surface area (Å²) in [4.78, 5) is 0. The van der Waals surface area contributed by atoms with Crippen molar-refractivity contribution in [2.24, 2.45) is 0 Å². The van der Waals surface area contributed by atoms with E-state index in [1.165, 1.54) is 22.3 Å². The molecule has 0 aromatic heterocycles. The van der Waals surface area contributed by atoms with E-state index in [4.69, 9.17) is 15.5 Å². The number of hydrogen-bond donors (Lipinski definition) is 1. The zero-order valence-electron chi connectivity index (χ0n) is 19.1. The molecule has 1 nitrogen and oxygen atoms in total. The number of hydrogen-bond acceptors (Lipinski definition) is 1. The van der Waals surface area contributed by atoms with Crippen LogP contribution in [0.15, 0.2) is 103 Å². The van der Waals surface area contributed by atoms with E-state index in [0.29, 0.717) is 0 Å². The zero-order valence-corrected chi connectivity index (χ0v) is 20.1. The minimum atomic E-state index is -0.0925.